The van der Waals surface area contributed by atoms with Crippen LogP contribution in [0.15, 0.2) is 10.5 Å². The molecule has 0 fully saturated rings. The Kier molecular flexibility index (Phi) is 3.87. The molecule has 2 rings (SSSR count). The van der Waals surface area contributed by atoms with Crippen molar-refractivity contribution in [3.8, 4) is 6.01 Å². The van der Waals surface area contributed by atoms with Crippen LogP contribution in [0, 0.1) is 5.82 Å². The van der Waals surface area contributed by atoms with E-state index in [1.807, 2.05) is 6.92 Å². The summed E-state index contributed by atoms with van der Waals surface area (Å²) < 4.78 is 19.0. The minimum atomic E-state index is -0.530. The molecule has 0 amide bonds. The van der Waals surface area contributed by atoms with Gasteiger partial charge in [0.2, 0.25) is 0 Å². The smallest absolute Gasteiger partial charge is 0.318 e. The lowest BCUT2D eigenvalue weighted by Crippen LogP contribution is -2.04. The predicted octanol–water partition coefficient (Wildman–Crippen LogP) is 3.63. The van der Waals surface area contributed by atoms with Crippen LogP contribution in [0.5, 0.6) is 6.01 Å². The third-order valence-electron chi connectivity index (χ3n) is 2.33. The van der Waals surface area contributed by atoms with E-state index in [2.05, 4.69) is 31.2 Å². The molecule has 0 bridgehead atoms. The molecule has 1 aromatic carbocycles. The summed E-state index contributed by atoms with van der Waals surface area (Å²) in [4.78, 5) is 8.30. The molecule has 18 heavy (non-hydrogen) atoms. The van der Waals surface area contributed by atoms with E-state index in [4.69, 9.17) is 16.3 Å². The standard InChI is InChI=1S/C11H10BrClFN3O/c1-3-15-10-7-6(16-11(17-10)18-2)4-5(13)9(14)8(7)12/h4H,3H2,1-2H3,(H,15,16,17). The third kappa shape index (κ3) is 2.22. The van der Waals surface area contributed by atoms with E-state index in [0.29, 0.717) is 23.3 Å². The number of rotatable bonds is 3. The quantitative estimate of drug-likeness (QED) is 0.871. The fraction of sp³-hybridized carbons (Fsp3) is 0.273. The molecule has 0 saturated carbocycles. The number of nitrogens with zero attached hydrogens (tertiary/aromatic N) is 2. The first-order chi connectivity index (χ1) is 8.58. The first-order valence-corrected chi connectivity index (χ1v) is 6.38. The zero-order valence-corrected chi connectivity index (χ0v) is 12.1. The summed E-state index contributed by atoms with van der Waals surface area (Å²) in [6.07, 6.45) is 0. The lowest BCUT2D eigenvalue weighted by molar-refractivity contribution is 0.382. The van der Waals surface area contributed by atoms with E-state index in [0.717, 1.165) is 0 Å². The van der Waals surface area contributed by atoms with Crippen LogP contribution in [-0.2, 0) is 0 Å². The van der Waals surface area contributed by atoms with Crippen molar-refractivity contribution in [2.45, 2.75) is 6.92 Å². The summed E-state index contributed by atoms with van der Waals surface area (Å²) in [7, 11) is 1.47. The molecule has 0 aliphatic heterocycles. The highest BCUT2D eigenvalue weighted by Crippen LogP contribution is 2.35. The van der Waals surface area contributed by atoms with Crippen molar-refractivity contribution in [1.29, 1.82) is 0 Å². The molecule has 1 aromatic heterocycles. The summed E-state index contributed by atoms with van der Waals surface area (Å²) in [6.45, 7) is 2.56. The van der Waals surface area contributed by atoms with Gasteiger partial charge in [-0.25, -0.2) is 4.39 Å². The topological polar surface area (TPSA) is 47.0 Å². The molecule has 2 aromatic rings. The zero-order chi connectivity index (χ0) is 13.3. The lowest BCUT2D eigenvalue weighted by Gasteiger charge is -2.11. The molecule has 0 aliphatic carbocycles. The first-order valence-electron chi connectivity index (χ1n) is 5.21. The van der Waals surface area contributed by atoms with E-state index >= 15 is 0 Å². The van der Waals surface area contributed by atoms with Crippen LogP contribution in [0.25, 0.3) is 10.9 Å². The van der Waals surface area contributed by atoms with Gasteiger partial charge >= 0.3 is 6.01 Å². The fourth-order valence-corrected chi connectivity index (χ4v) is 2.48. The Balaban J connectivity index is 2.82. The monoisotopic (exact) mass is 333 g/mol. The number of aromatic nitrogens is 2. The van der Waals surface area contributed by atoms with Crippen LogP contribution in [0.3, 0.4) is 0 Å². The SMILES string of the molecule is CCNc1nc(OC)nc2cc(Cl)c(F)c(Br)c12. The number of ether oxygens (including phenoxy) is 1. The van der Waals surface area contributed by atoms with Crippen LogP contribution in [0.4, 0.5) is 10.2 Å². The maximum absolute atomic E-state index is 13.8. The van der Waals surface area contributed by atoms with Crippen molar-refractivity contribution in [2.75, 3.05) is 19.0 Å². The Bertz CT molecular complexity index is 609. The number of benzene rings is 1. The molecule has 0 saturated heterocycles. The number of fused-ring (bicyclic) bond motifs is 1. The number of nitrogens with one attached hydrogen (secondary N) is 1. The minimum Gasteiger partial charge on any atom is -0.467 e. The van der Waals surface area contributed by atoms with Crippen LogP contribution >= 0.6 is 27.5 Å². The zero-order valence-electron chi connectivity index (χ0n) is 9.72. The van der Waals surface area contributed by atoms with Crippen molar-refractivity contribution in [1.82, 2.24) is 9.97 Å². The second-order valence-electron chi connectivity index (χ2n) is 3.47. The first kappa shape index (κ1) is 13.3. The van der Waals surface area contributed by atoms with E-state index < -0.39 is 5.82 Å². The molecule has 7 heteroatoms. The summed E-state index contributed by atoms with van der Waals surface area (Å²) in [5.74, 6) is -0.0288. The van der Waals surface area contributed by atoms with Crippen LogP contribution in [0.1, 0.15) is 6.92 Å². The molecule has 96 valence electrons. The van der Waals surface area contributed by atoms with Gasteiger partial charge in [-0.05, 0) is 28.9 Å². The molecule has 1 heterocycles. The average Bonchev–Trinajstić information content (AvgIpc) is 2.35. The molecule has 0 unspecified atom stereocenters. The number of hydrogen-bond acceptors (Lipinski definition) is 4. The van der Waals surface area contributed by atoms with Gasteiger partial charge in [-0.2, -0.15) is 9.97 Å². The Morgan fingerprint density at radius 1 is 1.50 bits per heavy atom. The van der Waals surface area contributed by atoms with Gasteiger partial charge in [-0.15, -0.1) is 0 Å². The molecular formula is C11H10BrClFN3O. The van der Waals surface area contributed by atoms with Gasteiger partial charge in [-0.3, -0.25) is 0 Å². The Morgan fingerprint density at radius 3 is 2.83 bits per heavy atom. The van der Waals surface area contributed by atoms with Crippen molar-refractivity contribution in [3.05, 3.63) is 21.4 Å². The Hall–Kier alpha value is -1.14. The summed E-state index contributed by atoms with van der Waals surface area (Å²) >= 11 is 8.97. The van der Waals surface area contributed by atoms with E-state index in [-0.39, 0.29) is 15.5 Å². The van der Waals surface area contributed by atoms with Crippen LogP contribution < -0.4 is 10.1 Å². The van der Waals surface area contributed by atoms with E-state index in [9.17, 15) is 4.39 Å². The molecule has 0 radical (unpaired) electrons. The number of anilines is 1. The van der Waals surface area contributed by atoms with Crippen LogP contribution in [-0.4, -0.2) is 23.6 Å². The van der Waals surface area contributed by atoms with Crippen molar-refractivity contribution in [3.63, 3.8) is 0 Å². The molecular weight excluding hydrogens is 324 g/mol. The maximum atomic E-state index is 13.8. The Labute approximate surface area is 117 Å². The van der Waals surface area contributed by atoms with Crippen molar-refractivity contribution in [2.24, 2.45) is 0 Å². The maximum Gasteiger partial charge on any atom is 0.318 e. The fourth-order valence-electron chi connectivity index (χ4n) is 1.56. The molecule has 0 atom stereocenters. The van der Waals surface area contributed by atoms with Crippen molar-refractivity contribution < 1.29 is 9.13 Å². The molecule has 0 spiro atoms. The van der Waals surface area contributed by atoms with E-state index in [1.165, 1.54) is 13.2 Å². The number of methoxy groups -OCH3 is 1. The normalized spacial score (nSPS) is 10.7. The van der Waals surface area contributed by atoms with Gasteiger partial charge in [0.05, 0.1) is 27.5 Å². The third-order valence-corrected chi connectivity index (χ3v) is 3.35. The number of hydrogen-bond donors (Lipinski definition) is 1. The second-order valence-corrected chi connectivity index (χ2v) is 4.67. The van der Waals surface area contributed by atoms with Gasteiger partial charge < -0.3 is 10.1 Å². The lowest BCUT2D eigenvalue weighted by atomic mass is 10.2. The summed E-state index contributed by atoms with van der Waals surface area (Å²) in [5.41, 5.74) is 0.510. The second kappa shape index (κ2) is 5.24. The minimum absolute atomic E-state index is 0.00224. The summed E-state index contributed by atoms with van der Waals surface area (Å²) in [6, 6.07) is 1.65. The van der Waals surface area contributed by atoms with Gasteiger partial charge in [0.1, 0.15) is 5.82 Å². The van der Waals surface area contributed by atoms with Crippen molar-refractivity contribution >= 4 is 44.3 Å². The highest BCUT2D eigenvalue weighted by Gasteiger charge is 2.16. The summed E-state index contributed by atoms with van der Waals surface area (Å²) in [5, 5.41) is 3.58. The largest absolute Gasteiger partial charge is 0.467 e. The van der Waals surface area contributed by atoms with E-state index in [1.54, 1.807) is 0 Å². The van der Waals surface area contributed by atoms with Gasteiger partial charge in [0, 0.05) is 6.54 Å². The van der Waals surface area contributed by atoms with Gasteiger partial charge in [0.25, 0.3) is 0 Å². The molecule has 0 aliphatic rings. The van der Waals surface area contributed by atoms with Gasteiger partial charge in [-0.1, -0.05) is 11.6 Å². The average molecular weight is 335 g/mol. The molecule has 1 N–H and O–H groups in total. The Morgan fingerprint density at radius 2 is 2.22 bits per heavy atom. The van der Waals surface area contributed by atoms with Crippen LogP contribution in [0.2, 0.25) is 5.02 Å². The highest BCUT2D eigenvalue weighted by molar-refractivity contribution is 9.10. The number of halogens is 3. The highest BCUT2D eigenvalue weighted by atomic mass is 79.9. The molecule has 4 nitrogen and oxygen atoms in total. The van der Waals surface area contributed by atoms with Gasteiger partial charge in [0.15, 0.2) is 5.82 Å². The predicted molar refractivity (Wildman–Crippen MR) is 72.9 cm³/mol.